The Hall–Kier alpha value is -1.36. The van der Waals surface area contributed by atoms with Crippen molar-refractivity contribution in [1.82, 2.24) is 9.78 Å². The van der Waals surface area contributed by atoms with Gasteiger partial charge in [-0.2, -0.15) is 5.10 Å². The summed E-state index contributed by atoms with van der Waals surface area (Å²) in [6, 6.07) is 0. The molecule has 82 valence electrons. The van der Waals surface area contributed by atoms with Gasteiger partial charge in [-0.1, -0.05) is 0 Å². The van der Waals surface area contributed by atoms with E-state index in [0.717, 1.165) is 31.2 Å². The van der Waals surface area contributed by atoms with E-state index in [2.05, 4.69) is 5.10 Å². The molecule has 1 aromatic heterocycles. The lowest BCUT2D eigenvalue weighted by atomic mass is 10.1. The smallest absolute Gasteiger partial charge is 0.239 e. The standard InChI is InChI=1S/C10H16N4O/c11-9(15)7-14-6-8(5-13-14)1-2-10(12)3-4-10/h5-6H,1-4,7,12H2,(H2,11,15). The molecule has 0 atom stereocenters. The van der Waals surface area contributed by atoms with Gasteiger partial charge in [0.25, 0.3) is 0 Å². The number of rotatable bonds is 5. The van der Waals surface area contributed by atoms with Gasteiger partial charge >= 0.3 is 0 Å². The Morgan fingerprint density at radius 3 is 2.93 bits per heavy atom. The van der Waals surface area contributed by atoms with Crippen molar-refractivity contribution in [3.05, 3.63) is 18.0 Å². The third kappa shape index (κ3) is 2.79. The largest absolute Gasteiger partial charge is 0.368 e. The second kappa shape index (κ2) is 3.66. The number of carbonyl (C=O) groups excluding carboxylic acids is 1. The quantitative estimate of drug-likeness (QED) is 0.702. The SMILES string of the molecule is NC(=O)Cn1cc(CCC2(N)CC2)cn1. The molecule has 1 aliphatic carbocycles. The van der Waals surface area contributed by atoms with Crippen molar-refractivity contribution in [3.8, 4) is 0 Å². The highest BCUT2D eigenvalue weighted by molar-refractivity contribution is 5.73. The van der Waals surface area contributed by atoms with Crippen molar-refractivity contribution in [2.75, 3.05) is 0 Å². The predicted molar refractivity (Wildman–Crippen MR) is 55.9 cm³/mol. The van der Waals surface area contributed by atoms with E-state index >= 15 is 0 Å². The van der Waals surface area contributed by atoms with E-state index < -0.39 is 0 Å². The molecule has 4 N–H and O–H groups in total. The summed E-state index contributed by atoms with van der Waals surface area (Å²) in [5.41, 5.74) is 12.2. The average Bonchev–Trinajstić information content (AvgIpc) is 2.73. The van der Waals surface area contributed by atoms with Crippen molar-refractivity contribution in [2.24, 2.45) is 11.5 Å². The van der Waals surface area contributed by atoms with E-state index in [1.807, 2.05) is 6.20 Å². The molecular weight excluding hydrogens is 192 g/mol. The molecule has 0 spiro atoms. The number of nitrogens with two attached hydrogens (primary N) is 2. The van der Waals surface area contributed by atoms with Crippen molar-refractivity contribution in [3.63, 3.8) is 0 Å². The van der Waals surface area contributed by atoms with Crippen molar-refractivity contribution in [2.45, 2.75) is 37.8 Å². The number of aryl methyl sites for hydroxylation is 1. The summed E-state index contributed by atoms with van der Waals surface area (Å²) >= 11 is 0. The number of aromatic nitrogens is 2. The number of primary amides is 1. The van der Waals surface area contributed by atoms with Crippen LogP contribution < -0.4 is 11.5 Å². The number of amides is 1. The summed E-state index contributed by atoms with van der Waals surface area (Å²) in [7, 11) is 0. The molecule has 5 heteroatoms. The van der Waals surface area contributed by atoms with Crippen LogP contribution in [0.1, 0.15) is 24.8 Å². The summed E-state index contributed by atoms with van der Waals surface area (Å²) in [5.74, 6) is -0.373. The van der Waals surface area contributed by atoms with E-state index in [1.165, 1.54) is 0 Å². The van der Waals surface area contributed by atoms with Crippen molar-refractivity contribution in [1.29, 1.82) is 0 Å². The molecule has 1 aliphatic rings. The zero-order chi connectivity index (χ0) is 10.9. The average molecular weight is 208 g/mol. The van der Waals surface area contributed by atoms with Gasteiger partial charge in [-0.25, -0.2) is 0 Å². The maximum absolute atomic E-state index is 10.6. The second-order valence-electron chi connectivity index (χ2n) is 4.37. The highest BCUT2D eigenvalue weighted by atomic mass is 16.1. The zero-order valence-corrected chi connectivity index (χ0v) is 8.65. The first-order valence-corrected chi connectivity index (χ1v) is 5.16. The highest BCUT2D eigenvalue weighted by Gasteiger charge is 2.37. The van der Waals surface area contributed by atoms with Crippen LogP contribution >= 0.6 is 0 Å². The molecule has 15 heavy (non-hydrogen) atoms. The third-order valence-electron chi connectivity index (χ3n) is 2.81. The third-order valence-corrected chi connectivity index (χ3v) is 2.81. The molecule has 0 bridgehead atoms. The summed E-state index contributed by atoms with van der Waals surface area (Å²) in [5, 5.41) is 4.05. The normalized spacial score (nSPS) is 17.7. The van der Waals surface area contributed by atoms with Gasteiger partial charge in [0.05, 0.1) is 6.20 Å². The number of hydrogen-bond donors (Lipinski definition) is 2. The fraction of sp³-hybridized carbons (Fsp3) is 0.600. The van der Waals surface area contributed by atoms with Crippen LogP contribution in [-0.2, 0) is 17.8 Å². The van der Waals surface area contributed by atoms with Gasteiger partial charge in [0.2, 0.25) is 5.91 Å². The predicted octanol–water partition coefficient (Wildman–Crippen LogP) is -0.208. The van der Waals surface area contributed by atoms with Gasteiger partial charge in [-0.15, -0.1) is 0 Å². The molecule has 0 unspecified atom stereocenters. The molecule has 1 fully saturated rings. The molecule has 1 amide bonds. The fourth-order valence-corrected chi connectivity index (χ4v) is 1.59. The first-order valence-electron chi connectivity index (χ1n) is 5.16. The van der Waals surface area contributed by atoms with Gasteiger partial charge in [0, 0.05) is 11.7 Å². The van der Waals surface area contributed by atoms with Crippen LogP contribution in [0.15, 0.2) is 12.4 Å². The monoisotopic (exact) mass is 208 g/mol. The minimum atomic E-state index is -0.373. The molecule has 0 radical (unpaired) electrons. The van der Waals surface area contributed by atoms with Crippen molar-refractivity contribution < 1.29 is 4.79 Å². The van der Waals surface area contributed by atoms with E-state index in [0.29, 0.717) is 0 Å². The Kier molecular flexibility index (Phi) is 2.48. The summed E-state index contributed by atoms with van der Waals surface area (Å²) in [4.78, 5) is 10.6. The molecule has 0 saturated heterocycles. The molecule has 5 nitrogen and oxygen atoms in total. The van der Waals surface area contributed by atoms with Gasteiger partial charge in [-0.3, -0.25) is 9.48 Å². The molecule has 0 aromatic carbocycles. The number of nitrogens with zero attached hydrogens (tertiary/aromatic N) is 2. The molecule has 0 aliphatic heterocycles. The summed E-state index contributed by atoms with van der Waals surface area (Å²) < 4.78 is 1.56. The lowest BCUT2D eigenvalue weighted by Crippen LogP contribution is -2.22. The van der Waals surface area contributed by atoms with Crippen LogP contribution in [0.5, 0.6) is 0 Å². The van der Waals surface area contributed by atoms with Gasteiger partial charge in [-0.05, 0) is 31.2 Å². The summed E-state index contributed by atoms with van der Waals surface area (Å²) in [6.07, 6.45) is 7.81. The minimum Gasteiger partial charge on any atom is -0.368 e. The molecule has 1 aromatic rings. The van der Waals surface area contributed by atoms with Crippen LogP contribution in [0, 0.1) is 0 Å². The fourth-order valence-electron chi connectivity index (χ4n) is 1.59. The molecule has 1 saturated carbocycles. The lowest BCUT2D eigenvalue weighted by molar-refractivity contribution is -0.118. The lowest BCUT2D eigenvalue weighted by Gasteiger charge is -2.05. The summed E-state index contributed by atoms with van der Waals surface area (Å²) in [6.45, 7) is 0.147. The zero-order valence-electron chi connectivity index (χ0n) is 8.65. The van der Waals surface area contributed by atoms with E-state index in [-0.39, 0.29) is 18.0 Å². The van der Waals surface area contributed by atoms with E-state index in [1.54, 1.807) is 10.9 Å². The Labute approximate surface area is 88.4 Å². The molecule has 2 rings (SSSR count). The first kappa shape index (κ1) is 10.2. The molecule has 1 heterocycles. The van der Waals surface area contributed by atoms with Crippen LogP contribution in [0.25, 0.3) is 0 Å². The second-order valence-corrected chi connectivity index (χ2v) is 4.37. The number of hydrogen-bond acceptors (Lipinski definition) is 3. The topological polar surface area (TPSA) is 86.9 Å². The maximum Gasteiger partial charge on any atom is 0.239 e. The van der Waals surface area contributed by atoms with Crippen LogP contribution in [0.4, 0.5) is 0 Å². The number of carbonyl (C=O) groups is 1. The Balaban J connectivity index is 1.86. The van der Waals surface area contributed by atoms with Gasteiger partial charge < -0.3 is 11.5 Å². The minimum absolute atomic E-state index is 0.0752. The molecular formula is C10H16N4O. The van der Waals surface area contributed by atoms with Crippen LogP contribution in [-0.4, -0.2) is 21.2 Å². The Bertz CT molecular complexity index is 367. The van der Waals surface area contributed by atoms with Crippen LogP contribution in [0.2, 0.25) is 0 Å². The highest BCUT2D eigenvalue weighted by Crippen LogP contribution is 2.36. The maximum atomic E-state index is 10.6. The Morgan fingerprint density at radius 2 is 2.33 bits per heavy atom. The first-order chi connectivity index (χ1) is 7.07. The van der Waals surface area contributed by atoms with Gasteiger partial charge in [0.15, 0.2) is 0 Å². The van der Waals surface area contributed by atoms with Crippen molar-refractivity contribution >= 4 is 5.91 Å². The van der Waals surface area contributed by atoms with Crippen LogP contribution in [0.3, 0.4) is 0 Å². The van der Waals surface area contributed by atoms with E-state index in [9.17, 15) is 4.79 Å². The van der Waals surface area contributed by atoms with Gasteiger partial charge in [0.1, 0.15) is 6.54 Å². The Morgan fingerprint density at radius 1 is 1.60 bits per heavy atom. The van der Waals surface area contributed by atoms with E-state index in [4.69, 9.17) is 11.5 Å².